The summed E-state index contributed by atoms with van der Waals surface area (Å²) < 4.78 is 13.1. The van der Waals surface area contributed by atoms with Gasteiger partial charge in [-0.15, -0.1) is 11.3 Å². The SMILES string of the molecule is CCOC(=O)c1nc2sc3c(n2c1C1=CCN(C(=O)OC(C)(C)C)CC1)CC(C)(C)CC3(C)C. The van der Waals surface area contributed by atoms with Crippen molar-refractivity contribution in [3.63, 3.8) is 0 Å². The number of hydrogen-bond donors (Lipinski definition) is 0. The van der Waals surface area contributed by atoms with E-state index in [-0.39, 0.29) is 16.9 Å². The minimum Gasteiger partial charge on any atom is -0.461 e. The molecule has 0 saturated carbocycles. The van der Waals surface area contributed by atoms with E-state index in [1.54, 1.807) is 16.2 Å². The van der Waals surface area contributed by atoms with Crippen molar-refractivity contribution in [2.45, 2.75) is 85.7 Å². The lowest BCUT2D eigenvalue weighted by molar-refractivity contribution is 0.0269. The number of imidazole rings is 1. The highest BCUT2D eigenvalue weighted by Gasteiger charge is 2.42. The number of rotatable bonds is 3. The molecule has 3 heterocycles. The zero-order valence-corrected chi connectivity index (χ0v) is 22.5. The second-order valence-corrected chi connectivity index (χ2v) is 12.8. The monoisotopic (exact) mass is 487 g/mol. The van der Waals surface area contributed by atoms with E-state index >= 15 is 0 Å². The molecule has 0 N–H and O–H groups in total. The fourth-order valence-electron chi connectivity index (χ4n) is 5.47. The molecule has 0 atom stereocenters. The lowest BCUT2D eigenvalue weighted by atomic mass is 9.67. The van der Waals surface area contributed by atoms with Crippen LogP contribution in [0.5, 0.6) is 0 Å². The van der Waals surface area contributed by atoms with Crippen LogP contribution < -0.4 is 0 Å². The molecule has 2 aromatic rings. The molecule has 0 fully saturated rings. The van der Waals surface area contributed by atoms with Crippen molar-refractivity contribution in [2.24, 2.45) is 5.41 Å². The van der Waals surface area contributed by atoms with E-state index in [0.717, 1.165) is 29.1 Å². The van der Waals surface area contributed by atoms with E-state index in [1.807, 2.05) is 33.8 Å². The zero-order valence-electron chi connectivity index (χ0n) is 21.7. The van der Waals surface area contributed by atoms with Gasteiger partial charge in [-0.1, -0.05) is 33.8 Å². The van der Waals surface area contributed by atoms with Crippen LogP contribution in [0, 0.1) is 5.41 Å². The predicted molar refractivity (Wildman–Crippen MR) is 135 cm³/mol. The van der Waals surface area contributed by atoms with Gasteiger partial charge in [-0.25, -0.2) is 14.6 Å². The Morgan fingerprint density at radius 3 is 2.50 bits per heavy atom. The van der Waals surface area contributed by atoms with Crippen molar-refractivity contribution >= 4 is 33.9 Å². The fourth-order valence-corrected chi connectivity index (χ4v) is 6.71. The molecule has 0 radical (unpaired) electrons. The Labute approximate surface area is 206 Å². The number of carbonyl (C=O) groups is 2. The van der Waals surface area contributed by atoms with Crippen molar-refractivity contribution in [3.8, 4) is 0 Å². The molecule has 8 heteroatoms. The number of carbonyl (C=O) groups excluding carboxylic acids is 2. The van der Waals surface area contributed by atoms with E-state index in [9.17, 15) is 9.59 Å². The molecule has 186 valence electrons. The first-order chi connectivity index (χ1) is 15.7. The summed E-state index contributed by atoms with van der Waals surface area (Å²) in [5.74, 6) is -0.396. The number of nitrogens with zero attached hydrogens (tertiary/aromatic N) is 3. The summed E-state index contributed by atoms with van der Waals surface area (Å²) in [6.45, 7) is 17.9. The number of aromatic nitrogens is 2. The maximum Gasteiger partial charge on any atom is 0.410 e. The predicted octanol–water partition coefficient (Wildman–Crippen LogP) is 5.85. The van der Waals surface area contributed by atoms with Crippen molar-refractivity contribution in [2.75, 3.05) is 19.7 Å². The Morgan fingerprint density at radius 1 is 1.21 bits per heavy atom. The first-order valence-corrected chi connectivity index (χ1v) is 12.9. The van der Waals surface area contributed by atoms with Crippen molar-refractivity contribution in [3.05, 3.63) is 28.0 Å². The third-order valence-corrected chi connectivity index (χ3v) is 7.84. The third-order valence-electron chi connectivity index (χ3n) is 6.39. The van der Waals surface area contributed by atoms with E-state index in [0.29, 0.717) is 31.8 Å². The van der Waals surface area contributed by atoms with Crippen LogP contribution in [0.2, 0.25) is 0 Å². The Hall–Kier alpha value is -2.35. The maximum absolute atomic E-state index is 12.9. The second-order valence-electron chi connectivity index (χ2n) is 11.8. The standard InChI is InChI=1S/C26H37N3O4S/c1-9-32-21(30)18-19(16-10-12-28(13-11-16)23(31)33-24(2,3)4)29-17-14-25(5,6)15-26(7,8)20(17)34-22(29)27-18/h10H,9,11-15H2,1-8H3. The summed E-state index contributed by atoms with van der Waals surface area (Å²) in [7, 11) is 0. The molecule has 1 aliphatic heterocycles. The molecule has 4 rings (SSSR count). The Balaban J connectivity index is 1.80. The second kappa shape index (κ2) is 8.40. The number of fused-ring (bicyclic) bond motifs is 3. The normalized spacial score (nSPS) is 19.5. The summed E-state index contributed by atoms with van der Waals surface area (Å²) >= 11 is 1.69. The van der Waals surface area contributed by atoms with Crippen LogP contribution in [0.1, 0.15) is 95.0 Å². The lowest BCUT2D eigenvalue weighted by Crippen LogP contribution is -2.39. The number of ether oxygens (including phenoxy) is 2. The maximum atomic E-state index is 12.9. The molecule has 0 bridgehead atoms. The third kappa shape index (κ3) is 4.61. The first-order valence-electron chi connectivity index (χ1n) is 12.1. The van der Waals surface area contributed by atoms with Crippen LogP contribution in [0.3, 0.4) is 0 Å². The largest absolute Gasteiger partial charge is 0.461 e. The van der Waals surface area contributed by atoms with Gasteiger partial charge in [0.15, 0.2) is 10.7 Å². The summed E-state index contributed by atoms with van der Waals surface area (Å²) in [4.78, 5) is 34.2. The number of thiazole rings is 1. The number of hydrogen-bond acceptors (Lipinski definition) is 6. The Kier molecular flexibility index (Phi) is 6.12. The van der Waals surface area contributed by atoms with Gasteiger partial charge in [-0.3, -0.25) is 4.40 Å². The van der Waals surface area contributed by atoms with Crippen molar-refractivity contribution < 1.29 is 19.1 Å². The molecular formula is C26H37N3O4S. The highest BCUT2D eigenvalue weighted by Crippen LogP contribution is 2.49. The number of amides is 1. The minimum atomic E-state index is -0.537. The molecule has 0 aromatic carbocycles. The van der Waals surface area contributed by atoms with E-state index in [4.69, 9.17) is 14.5 Å². The fraction of sp³-hybridized carbons (Fsp3) is 0.654. The van der Waals surface area contributed by atoms with E-state index in [2.05, 4.69) is 32.1 Å². The molecule has 2 aliphatic rings. The van der Waals surface area contributed by atoms with Crippen molar-refractivity contribution in [1.29, 1.82) is 0 Å². The van der Waals surface area contributed by atoms with Gasteiger partial charge in [-0.2, -0.15) is 0 Å². The van der Waals surface area contributed by atoms with Gasteiger partial charge in [0.1, 0.15) is 5.60 Å². The van der Waals surface area contributed by atoms with Gasteiger partial charge < -0.3 is 14.4 Å². The topological polar surface area (TPSA) is 73.1 Å². The zero-order chi connectivity index (χ0) is 25.1. The highest BCUT2D eigenvalue weighted by atomic mass is 32.1. The molecule has 0 spiro atoms. The van der Waals surface area contributed by atoms with Gasteiger partial charge in [0.25, 0.3) is 0 Å². The average Bonchev–Trinajstić information content (AvgIpc) is 3.23. The molecular weight excluding hydrogens is 450 g/mol. The van der Waals surface area contributed by atoms with Crippen molar-refractivity contribution in [1.82, 2.24) is 14.3 Å². The molecule has 1 amide bonds. The smallest absolute Gasteiger partial charge is 0.410 e. The highest BCUT2D eigenvalue weighted by molar-refractivity contribution is 7.17. The van der Waals surface area contributed by atoms with Crippen LogP contribution in [-0.4, -0.2) is 51.6 Å². The van der Waals surface area contributed by atoms with Gasteiger partial charge in [0, 0.05) is 29.1 Å². The van der Waals surface area contributed by atoms with Crippen LogP contribution in [0.15, 0.2) is 6.08 Å². The lowest BCUT2D eigenvalue weighted by Gasteiger charge is -2.40. The minimum absolute atomic E-state index is 0.0400. The van der Waals surface area contributed by atoms with Crippen LogP contribution >= 0.6 is 11.3 Å². The van der Waals surface area contributed by atoms with Gasteiger partial charge in [0.05, 0.1) is 12.3 Å². The van der Waals surface area contributed by atoms with Crippen LogP contribution in [0.25, 0.3) is 10.5 Å². The van der Waals surface area contributed by atoms with Gasteiger partial charge >= 0.3 is 12.1 Å². The number of esters is 1. The molecule has 0 unspecified atom stereocenters. The first kappa shape index (κ1) is 24.8. The summed E-state index contributed by atoms with van der Waals surface area (Å²) in [6, 6.07) is 0. The summed E-state index contributed by atoms with van der Waals surface area (Å²) in [6.07, 6.45) is 4.36. The Bertz CT molecular complexity index is 1160. The molecule has 1 aliphatic carbocycles. The summed E-state index contributed by atoms with van der Waals surface area (Å²) in [5, 5.41) is 0. The summed E-state index contributed by atoms with van der Waals surface area (Å²) in [5.41, 5.74) is 3.11. The molecule has 34 heavy (non-hydrogen) atoms. The molecule has 0 saturated heterocycles. The molecule has 7 nitrogen and oxygen atoms in total. The Morgan fingerprint density at radius 2 is 1.91 bits per heavy atom. The van der Waals surface area contributed by atoms with E-state index in [1.165, 1.54) is 10.6 Å². The van der Waals surface area contributed by atoms with E-state index < -0.39 is 11.6 Å². The van der Waals surface area contributed by atoms with Gasteiger partial charge in [-0.05, 0) is 57.9 Å². The van der Waals surface area contributed by atoms with Crippen LogP contribution in [-0.2, 0) is 21.3 Å². The quantitative estimate of drug-likeness (QED) is 0.508. The van der Waals surface area contributed by atoms with Crippen LogP contribution in [0.4, 0.5) is 4.79 Å². The van der Waals surface area contributed by atoms with Gasteiger partial charge in [0.2, 0.25) is 0 Å². The molecule has 2 aromatic heterocycles. The average molecular weight is 488 g/mol.